The van der Waals surface area contributed by atoms with Gasteiger partial charge in [0, 0.05) is 11.6 Å². The molecule has 0 fully saturated rings. The monoisotopic (exact) mass is 369 g/mol. The molecule has 2 rings (SSSR count). The van der Waals surface area contributed by atoms with E-state index in [1.165, 1.54) is 0 Å². The van der Waals surface area contributed by atoms with Crippen molar-refractivity contribution in [3.8, 4) is 5.75 Å². The minimum atomic E-state index is -0.787. The molecule has 0 radical (unpaired) electrons. The van der Waals surface area contributed by atoms with Crippen molar-refractivity contribution in [2.45, 2.75) is 13.0 Å². The first-order valence-electron chi connectivity index (χ1n) is 6.51. The molecule has 116 valence electrons. The van der Waals surface area contributed by atoms with Gasteiger partial charge in [0.15, 0.2) is 0 Å². The lowest BCUT2D eigenvalue weighted by atomic mass is 10.1. The third-order valence-corrected chi connectivity index (χ3v) is 3.77. The van der Waals surface area contributed by atoms with Crippen LogP contribution in [0.5, 0.6) is 5.75 Å². The van der Waals surface area contributed by atoms with E-state index in [-0.39, 0.29) is 11.6 Å². The molecule has 0 heterocycles. The lowest BCUT2D eigenvalue weighted by molar-refractivity contribution is 0.0939. The van der Waals surface area contributed by atoms with Gasteiger partial charge in [-0.15, -0.1) is 0 Å². The molecule has 1 amide bonds. The number of halogens is 3. The predicted octanol–water partition coefficient (Wildman–Crippen LogP) is 4.23. The molecule has 2 aromatic rings. The van der Waals surface area contributed by atoms with Crippen LogP contribution in [-0.4, -0.2) is 13.0 Å². The molecule has 2 aromatic carbocycles. The average molecular weight is 370 g/mol. The molecule has 0 bridgehead atoms. The molecular formula is C16H14BrF2NO2. The van der Waals surface area contributed by atoms with Gasteiger partial charge in [-0.2, -0.15) is 0 Å². The summed E-state index contributed by atoms with van der Waals surface area (Å²) in [4.78, 5) is 12.1. The van der Waals surface area contributed by atoms with Gasteiger partial charge in [0.1, 0.15) is 17.4 Å². The molecule has 1 N–H and O–H groups in total. The van der Waals surface area contributed by atoms with Crippen molar-refractivity contribution in [3.63, 3.8) is 0 Å². The average Bonchev–Trinajstić information content (AvgIpc) is 2.46. The SMILES string of the molecule is COc1ccc(C(C)NC(=O)c2cc(F)cc(F)c2)cc1Br. The summed E-state index contributed by atoms with van der Waals surface area (Å²) in [5.74, 6) is -1.44. The van der Waals surface area contributed by atoms with Crippen molar-refractivity contribution in [1.82, 2.24) is 5.32 Å². The smallest absolute Gasteiger partial charge is 0.251 e. The molecule has 0 saturated heterocycles. The first kappa shape index (κ1) is 16.4. The highest BCUT2D eigenvalue weighted by Crippen LogP contribution is 2.28. The number of methoxy groups -OCH3 is 1. The Hall–Kier alpha value is -1.95. The van der Waals surface area contributed by atoms with Crippen molar-refractivity contribution < 1.29 is 18.3 Å². The highest BCUT2D eigenvalue weighted by atomic mass is 79.9. The number of carbonyl (C=O) groups is 1. The maximum atomic E-state index is 13.1. The van der Waals surface area contributed by atoms with E-state index in [0.717, 1.165) is 28.2 Å². The summed E-state index contributed by atoms with van der Waals surface area (Å²) < 4.78 is 32.2. The van der Waals surface area contributed by atoms with Gasteiger partial charge in [-0.25, -0.2) is 8.78 Å². The molecule has 0 aliphatic rings. The Bertz CT molecular complexity index is 686. The summed E-state index contributed by atoms with van der Waals surface area (Å²) in [6.45, 7) is 1.78. The summed E-state index contributed by atoms with van der Waals surface area (Å²) >= 11 is 3.37. The van der Waals surface area contributed by atoms with Crippen molar-refractivity contribution in [2.75, 3.05) is 7.11 Å². The highest BCUT2D eigenvalue weighted by molar-refractivity contribution is 9.10. The Kier molecular flexibility index (Phi) is 5.13. The van der Waals surface area contributed by atoms with Crippen molar-refractivity contribution in [3.05, 3.63) is 63.6 Å². The van der Waals surface area contributed by atoms with Gasteiger partial charge in [-0.1, -0.05) is 6.07 Å². The van der Waals surface area contributed by atoms with Crippen LogP contribution in [0.4, 0.5) is 8.78 Å². The van der Waals surface area contributed by atoms with E-state index in [2.05, 4.69) is 21.2 Å². The third kappa shape index (κ3) is 3.82. The van der Waals surface area contributed by atoms with Crippen LogP contribution in [0, 0.1) is 11.6 Å². The van der Waals surface area contributed by atoms with Gasteiger partial charge >= 0.3 is 0 Å². The molecule has 3 nitrogen and oxygen atoms in total. The second-order valence-corrected chi connectivity index (χ2v) is 5.60. The fourth-order valence-corrected chi connectivity index (χ4v) is 2.56. The van der Waals surface area contributed by atoms with Gasteiger partial charge in [-0.05, 0) is 52.7 Å². The first-order valence-corrected chi connectivity index (χ1v) is 7.30. The van der Waals surface area contributed by atoms with Crippen molar-refractivity contribution in [1.29, 1.82) is 0 Å². The number of nitrogens with one attached hydrogen (secondary N) is 1. The zero-order valence-corrected chi connectivity index (χ0v) is 13.6. The normalized spacial score (nSPS) is 11.9. The summed E-state index contributed by atoms with van der Waals surface area (Å²) in [5, 5.41) is 2.70. The molecule has 0 saturated carbocycles. The second-order valence-electron chi connectivity index (χ2n) is 4.75. The Balaban J connectivity index is 2.15. The number of carbonyl (C=O) groups excluding carboxylic acids is 1. The lowest BCUT2D eigenvalue weighted by Gasteiger charge is -2.16. The fourth-order valence-electron chi connectivity index (χ4n) is 2.00. The minimum Gasteiger partial charge on any atom is -0.496 e. The lowest BCUT2D eigenvalue weighted by Crippen LogP contribution is -2.26. The molecule has 0 aliphatic carbocycles. The van der Waals surface area contributed by atoms with Crippen LogP contribution in [0.2, 0.25) is 0 Å². The van der Waals surface area contributed by atoms with Gasteiger partial charge in [-0.3, -0.25) is 4.79 Å². The number of benzene rings is 2. The maximum absolute atomic E-state index is 13.1. The molecule has 1 atom stereocenters. The van der Waals surface area contributed by atoms with E-state index in [1.54, 1.807) is 26.2 Å². The highest BCUT2D eigenvalue weighted by Gasteiger charge is 2.14. The number of amides is 1. The largest absolute Gasteiger partial charge is 0.496 e. The van der Waals surface area contributed by atoms with E-state index >= 15 is 0 Å². The summed E-state index contributed by atoms with van der Waals surface area (Å²) in [6.07, 6.45) is 0. The molecule has 22 heavy (non-hydrogen) atoms. The summed E-state index contributed by atoms with van der Waals surface area (Å²) in [6, 6.07) is 7.77. The molecule has 6 heteroatoms. The molecule has 1 unspecified atom stereocenters. The van der Waals surface area contributed by atoms with Gasteiger partial charge in [0.25, 0.3) is 5.91 Å². The summed E-state index contributed by atoms with van der Waals surface area (Å²) in [5.41, 5.74) is 0.773. The topological polar surface area (TPSA) is 38.3 Å². The Morgan fingerprint density at radius 1 is 1.18 bits per heavy atom. The number of hydrogen-bond donors (Lipinski definition) is 1. The number of ether oxygens (including phenoxy) is 1. The predicted molar refractivity (Wildman–Crippen MR) is 82.9 cm³/mol. The third-order valence-electron chi connectivity index (χ3n) is 3.15. The van der Waals surface area contributed by atoms with Crippen molar-refractivity contribution in [2.24, 2.45) is 0 Å². The minimum absolute atomic E-state index is 0.0584. The van der Waals surface area contributed by atoms with E-state index in [0.29, 0.717) is 5.75 Å². The molecular weight excluding hydrogens is 356 g/mol. The molecule has 0 spiro atoms. The standard InChI is InChI=1S/C16H14BrF2NO2/c1-9(10-3-4-15(22-2)14(17)7-10)20-16(21)11-5-12(18)8-13(19)6-11/h3-9H,1-2H3,(H,20,21). The van der Waals surface area contributed by atoms with Crippen LogP contribution >= 0.6 is 15.9 Å². The van der Waals surface area contributed by atoms with Crippen LogP contribution in [0.3, 0.4) is 0 Å². The van der Waals surface area contributed by atoms with Crippen LogP contribution in [0.25, 0.3) is 0 Å². The van der Waals surface area contributed by atoms with E-state index in [4.69, 9.17) is 4.74 Å². The van der Waals surface area contributed by atoms with E-state index < -0.39 is 17.5 Å². The van der Waals surface area contributed by atoms with Gasteiger partial charge in [0.2, 0.25) is 0 Å². The van der Waals surface area contributed by atoms with Crippen LogP contribution in [0.1, 0.15) is 28.9 Å². The van der Waals surface area contributed by atoms with E-state index in [1.807, 2.05) is 6.07 Å². The number of rotatable bonds is 4. The second kappa shape index (κ2) is 6.87. The molecule has 0 aliphatic heterocycles. The Labute approximate surface area is 135 Å². The number of hydrogen-bond acceptors (Lipinski definition) is 2. The summed E-state index contributed by atoms with van der Waals surface area (Å²) in [7, 11) is 1.56. The first-order chi connectivity index (χ1) is 10.4. The quantitative estimate of drug-likeness (QED) is 0.875. The van der Waals surface area contributed by atoms with Crippen LogP contribution in [0.15, 0.2) is 40.9 Å². The molecule has 0 aromatic heterocycles. The van der Waals surface area contributed by atoms with E-state index in [9.17, 15) is 13.6 Å². The maximum Gasteiger partial charge on any atom is 0.251 e. The van der Waals surface area contributed by atoms with Crippen molar-refractivity contribution >= 4 is 21.8 Å². The Morgan fingerprint density at radius 2 is 1.82 bits per heavy atom. The zero-order chi connectivity index (χ0) is 16.3. The van der Waals surface area contributed by atoms with Gasteiger partial charge < -0.3 is 10.1 Å². The van der Waals surface area contributed by atoms with Gasteiger partial charge in [0.05, 0.1) is 17.6 Å². The fraction of sp³-hybridized carbons (Fsp3) is 0.188. The zero-order valence-electron chi connectivity index (χ0n) is 12.0. The van der Waals surface area contributed by atoms with Crippen LogP contribution in [-0.2, 0) is 0 Å². The Morgan fingerprint density at radius 3 is 2.36 bits per heavy atom. The van der Waals surface area contributed by atoms with Crippen LogP contribution < -0.4 is 10.1 Å².